The minimum absolute atomic E-state index is 0.526. The predicted molar refractivity (Wildman–Crippen MR) is 63.9 cm³/mol. The van der Waals surface area contributed by atoms with Crippen LogP contribution in [0.2, 0.25) is 0 Å². The molecule has 2 aliphatic heterocycles. The first-order valence-corrected chi connectivity index (χ1v) is 9.92. The number of piperidine rings is 1. The molecular formula is C12H22GaNO2. The third-order valence-electron chi connectivity index (χ3n) is 4.58. The van der Waals surface area contributed by atoms with Crippen molar-refractivity contribution in [2.24, 2.45) is 5.92 Å². The van der Waals surface area contributed by atoms with E-state index in [1.165, 1.54) is 32.1 Å². The van der Waals surface area contributed by atoms with Gasteiger partial charge in [-0.1, -0.05) is 0 Å². The van der Waals surface area contributed by atoms with Crippen molar-refractivity contribution in [3.05, 3.63) is 0 Å². The van der Waals surface area contributed by atoms with Crippen molar-refractivity contribution < 1.29 is 7.06 Å². The van der Waals surface area contributed by atoms with Gasteiger partial charge in [0.15, 0.2) is 0 Å². The van der Waals surface area contributed by atoms with Gasteiger partial charge in [-0.3, -0.25) is 0 Å². The molecule has 1 saturated carbocycles. The van der Waals surface area contributed by atoms with E-state index in [1.807, 2.05) is 0 Å². The summed E-state index contributed by atoms with van der Waals surface area (Å²) in [5, 5.41) is 0. The van der Waals surface area contributed by atoms with Gasteiger partial charge in [0.05, 0.1) is 0 Å². The normalized spacial score (nSPS) is 43.5. The van der Waals surface area contributed by atoms with Gasteiger partial charge in [0, 0.05) is 0 Å². The summed E-state index contributed by atoms with van der Waals surface area (Å²) < 4.78 is 14.9. The first kappa shape index (κ1) is 11.6. The van der Waals surface area contributed by atoms with Crippen LogP contribution >= 0.6 is 0 Å². The summed E-state index contributed by atoms with van der Waals surface area (Å²) in [5.74, 6) is 0.908. The number of rotatable bonds is 2. The van der Waals surface area contributed by atoms with Crippen LogP contribution in [0, 0.1) is 5.92 Å². The van der Waals surface area contributed by atoms with Gasteiger partial charge in [-0.15, -0.1) is 0 Å². The van der Waals surface area contributed by atoms with Crippen LogP contribution < -0.4 is 0 Å². The summed E-state index contributed by atoms with van der Waals surface area (Å²) >= 11 is -2.03. The molecule has 0 aromatic heterocycles. The van der Waals surface area contributed by atoms with E-state index in [2.05, 4.69) is 17.5 Å². The molecule has 0 spiro atoms. The predicted octanol–water partition coefficient (Wildman–Crippen LogP) is 2.06. The zero-order valence-electron chi connectivity index (χ0n) is 10.4. The second-order valence-corrected chi connectivity index (χ2v) is 9.30. The second kappa shape index (κ2) is 4.65. The van der Waals surface area contributed by atoms with Crippen molar-refractivity contribution in [3.8, 4) is 0 Å². The first-order valence-electron chi connectivity index (χ1n) is 6.85. The van der Waals surface area contributed by atoms with Crippen molar-refractivity contribution in [1.82, 2.24) is 3.61 Å². The Bertz CT molecular complexity index is 263. The molecule has 0 radical (unpaired) electrons. The number of hydrogen-bond donors (Lipinski definition) is 0. The Balaban J connectivity index is 1.82. The van der Waals surface area contributed by atoms with Crippen molar-refractivity contribution in [2.45, 2.75) is 64.1 Å². The Kier molecular flexibility index (Phi) is 3.37. The third-order valence-corrected chi connectivity index (χ3v) is 9.91. The Morgan fingerprint density at radius 1 is 1.31 bits per heavy atom. The van der Waals surface area contributed by atoms with Gasteiger partial charge in [-0.2, -0.15) is 0 Å². The molecule has 2 saturated heterocycles. The van der Waals surface area contributed by atoms with E-state index in [0.717, 1.165) is 18.6 Å². The van der Waals surface area contributed by atoms with E-state index >= 15 is 0 Å². The zero-order chi connectivity index (χ0) is 11.1. The molecule has 16 heavy (non-hydrogen) atoms. The van der Waals surface area contributed by atoms with Gasteiger partial charge in [-0.05, 0) is 0 Å². The molecule has 2 heterocycles. The molecule has 0 bridgehead atoms. The van der Waals surface area contributed by atoms with Crippen LogP contribution in [0.1, 0.15) is 46.0 Å². The summed E-state index contributed by atoms with van der Waals surface area (Å²) in [6, 6.07) is 1.44. The maximum absolute atomic E-state index is 6.28. The van der Waals surface area contributed by atoms with Crippen molar-refractivity contribution in [2.75, 3.05) is 6.61 Å². The van der Waals surface area contributed by atoms with E-state index in [-0.39, 0.29) is 0 Å². The summed E-state index contributed by atoms with van der Waals surface area (Å²) in [5.41, 5.74) is 0. The Labute approximate surface area is 105 Å². The number of hydrogen-bond acceptors (Lipinski definition) is 3. The van der Waals surface area contributed by atoms with Crippen LogP contribution in [-0.4, -0.2) is 45.6 Å². The fourth-order valence-electron chi connectivity index (χ4n) is 3.86. The SMILES string of the molecule is CC[O][Ga]1[O]C2CCCC3CCC(C)[N]1C32. The van der Waals surface area contributed by atoms with Gasteiger partial charge >= 0.3 is 105 Å². The van der Waals surface area contributed by atoms with Crippen LogP contribution in [0.25, 0.3) is 0 Å². The molecule has 0 aromatic rings. The Morgan fingerprint density at radius 3 is 3.00 bits per heavy atom. The molecule has 0 N–H and O–H groups in total. The molecule has 3 fully saturated rings. The molecule has 3 rings (SSSR count). The summed E-state index contributed by atoms with van der Waals surface area (Å²) in [7, 11) is 0. The van der Waals surface area contributed by atoms with Gasteiger partial charge in [0.2, 0.25) is 0 Å². The summed E-state index contributed by atoms with van der Waals surface area (Å²) in [6.45, 7) is 5.30. The van der Waals surface area contributed by atoms with Gasteiger partial charge < -0.3 is 0 Å². The average Bonchev–Trinajstić information content (AvgIpc) is 2.65. The Morgan fingerprint density at radius 2 is 2.19 bits per heavy atom. The first-order chi connectivity index (χ1) is 7.81. The van der Waals surface area contributed by atoms with Crippen LogP contribution in [0.4, 0.5) is 0 Å². The van der Waals surface area contributed by atoms with Crippen LogP contribution in [0.5, 0.6) is 0 Å². The van der Waals surface area contributed by atoms with Crippen LogP contribution in [0.15, 0.2) is 0 Å². The molecule has 3 nitrogen and oxygen atoms in total. The average molecular weight is 282 g/mol. The quantitative estimate of drug-likeness (QED) is 0.724. The molecule has 1 aliphatic carbocycles. The van der Waals surface area contributed by atoms with Gasteiger partial charge in [-0.25, -0.2) is 0 Å². The third kappa shape index (κ3) is 1.79. The van der Waals surface area contributed by atoms with Crippen molar-refractivity contribution in [1.29, 1.82) is 0 Å². The topological polar surface area (TPSA) is 21.7 Å². The molecule has 0 amide bonds. The van der Waals surface area contributed by atoms with E-state index in [0.29, 0.717) is 12.1 Å². The van der Waals surface area contributed by atoms with Crippen molar-refractivity contribution >= 4 is 17.2 Å². The van der Waals surface area contributed by atoms with E-state index in [1.54, 1.807) is 0 Å². The summed E-state index contributed by atoms with van der Waals surface area (Å²) in [6.07, 6.45) is 7.37. The molecule has 4 atom stereocenters. The number of nitrogens with zero attached hydrogens (tertiary/aromatic N) is 1. The van der Waals surface area contributed by atoms with Crippen LogP contribution in [0.3, 0.4) is 0 Å². The molecular weight excluding hydrogens is 260 g/mol. The second-order valence-electron chi connectivity index (χ2n) is 5.49. The standard InChI is InChI=1S/C10H17NO.C2H5O.Ga/c1-7-5-6-8-3-2-4-9(12)10(8)11-7;1-2-3;/h7-10H,2-6H2,1H3;2H2,1H3;/q-2;-1;+3. The van der Waals surface area contributed by atoms with E-state index < -0.39 is 17.2 Å². The molecule has 3 aliphatic rings. The van der Waals surface area contributed by atoms with E-state index in [9.17, 15) is 0 Å². The molecule has 90 valence electrons. The Hall–Kier alpha value is 0.516. The summed E-state index contributed by atoms with van der Waals surface area (Å²) in [4.78, 5) is 0. The molecule has 0 aromatic carbocycles. The van der Waals surface area contributed by atoms with Crippen LogP contribution in [-0.2, 0) is 7.06 Å². The minimum atomic E-state index is -2.03. The molecule has 4 heteroatoms. The monoisotopic (exact) mass is 281 g/mol. The maximum atomic E-state index is 6.28. The van der Waals surface area contributed by atoms with Crippen molar-refractivity contribution in [3.63, 3.8) is 0 Å². The zero-order valence-corrected chi connectivity index (χ0v) is 12.8. The van der Waals surface area contributed by atoms with Gasteiger partial charge in [0.25, 0.3) is 0 Å². The van der Waals surface area contributed by atoms with E-state index in [4.69, 9.17) is 7.06 Å². The van der Waals surface area contributed by atoms with Gasteiger partial charge in [0.1, 0.15) is 0 Å². The molecule has 4 unspecified atom stereocenters. The fourth-order valence-corrected chi connectivity index (χ4v) is 9.22. The fraction of sp³-hybridized carbons (Fsp3) is 1.00.